The number of aryl methyl sites for hydroxylation is 2. The first kappa shape index (κ1) is 15.7. The Balaban J connectivity index is 2.16. The second kappa shape index (κ2) is 6.40. The third-order valence-corrected chi connectivity index (χ3v) is 3.19. The van der Waals surface area contributed by atoms with Gasteiger partial charge in [0.25, 0.3) is 5.91 Å². The molecule has 2 N–H and O–H groups in total. The third kappa shape index (κ3) is 3.32. The minimum absolute atomic E-state index is 0.173. The van der Waals surface area contributed by atoms with E-state index in [0.29, 0.717) is 11.3 Å². The molecule has 1 amide bonds. The zero-order valence-electron chi connectivity index (χ0n) is 12.5. The summed E-state index contributed by atoms with van der Waals surface area (Å²) in [5, 5.41) is 15.7. The van der Waals surface area contributed by atoms with E-state index in [0.717, 1.165) is 5.69 Å². The molecule has 0 bridgehead atoms. The van der Waals surface area contributed by atoms with E-state index >= 15 is 0 Å². The summed E-state index contributed by atoms with van der Waals surface area (Å²) in [6.07, 6.45) is -0.675. The number of ether oxygens (including phenoxy) is 1. The molecular weight excluding hydrogens is 286 g/mol. The molecule has 0 aliphatic carbocycles. The summed E-state index contributed by atoms with van der Waals surface area (Å²) in [4.78, 5) is 23.1. The van der Waals surface area contributed by atoms with E-state index in [1.165, 1.54) is 23.9 Å². The number of benzene rings is 1. The quantitative estimate of drug-likeness (QED) is 0.816. The number of carbonyl (C=O) groups excluding carboxylic acids is 1. The molecule has 1 atom stereocenters. The monoisotopic (exact) mass is 303 g/mol. The summed E-state index contributed by atoms with van der Waals surface area (Å²) < 4.78 is 6.76. The van der Waals surface area contributed by atoms with Crippen molar-refractivity contribution in [2.45, 2.75) is 13.2 Å². The lowest BCUT2D eigenvalue weighted by molar-refractivity contribution is 0.0566. The first-order valence-corrected chi connectivity index (χ1v) is 6.60. The van der Waals surface area contributed by atoms with E-state index in [2.05, 4.69) is 10.4 Å². The maximum absolute atomic E-state index is 12.3. The predicted octanol–water partition coefficient (Wildman–Crippen LogP) is 1.50. The molecule has 7 nitrogen and oxygen atoms in total. The fraction of sp³-hybridized carbons (Fsp3) is 0.267. The number of aromatic carboxylic acids is 1. The molecule has 0 radical (unpaired) electrons. The van der Waals surface area contributed by atoms with Crippen LogP contribution >= 0.6 is 0 Å². The Labute approximate surface area is 127 Å². The molecule has 0 spiro atoms. The van der Waals surface area contributed by atoms with Gasteiger partial charge in [-0.05, 0) is 25.1 Å². The van der Waals surface area contributed by atoms with Crippen molar-refractivity contribution >= 4 is 11.9 Å². The number of methoxy groups -OCH3 is 1. The molecular formula is C15H17N3O4. The van der Waals surface area contributed by atoms with E-state index in [1.807, 2.05) is 0 Å². The Morgan fingerprint density at radius 2 is 1.95 bits per heavy atom. The van der Waals surface area contributed by atoms with Crippen LogP contribution in [0.4, 0.5) is 0 Å². The molecule has 1 aromatic carbocycles. The molecule has 1 heterocycles. The topological polar surface area (TPSA) is 93.5 Å². The van der Waals surface area contributed by atoms with Crippen molar-refractivity contribution in [1.29, 1.82) is 0 Å². The molecule has 2 rings (SSSR count). The molecule has 1 aromatic heterocycles. The van der Waals surface area contributed by atoms with E-state index in [-0.39, 0.29) is 11.5 Å². The standard InChI is InChI=1S/C15H17N3O4/c1-9-8-12(18(2)17-9)13(19)16-14(22-3)10-4-6-11(7-5-10)15(20)21/h4-8,14H,1-3H3,(H,16,19)(H,20,21). The minimum Gasteiger partial charge on any atom is -0.478 e. The Kier molecular flexibility index (Phi) is 4.57. The number of carbonyl (C=O) groups is 2. The van der Waals surface area contributed by atoms with E-state index in [1.54, 1.807) is 32.2 Å². The van der Waals surface area contributed by atoms with Crippen molar-refractivity contribution in [2.24, 2.45) is 7.05 Å². The van der Waals surface area contributed by atoms with Crippen LogP contribution in [-0.4, -0.2) is 33.9 Å². The third-order valence-electron chi connectivity index (χ3n) is 3.19. The molecule has 0 aliphatic rings. The summed E-state index contributed by atoms with van der Waals surface area (Å²) in [5.74, 6) is -1.33. The van der Waals surface area contributed by atoms with Crippen LogP contribution in [0.3, 0.4) is 0 Å². The van der Waals surface area contributed by atoms with Crippen LogP contribution in [0.25, 0.3) is 0 Å². The van der Waals surface area contributed by atoms with Gasteiger partial charge in [-0.1, -0.05) is 12.1 Å². The maximum Gasteiger partial charge on any atom is 0.335 e. The number of aromatic nitrogens is 2. The van der Waals surface area contributed by atoms with Crippen molar-refractivity contribution < 1.29 is 19.4 Å². The van der Waals surface area contributed by atoms with Crippen LogP contribution in [0, 0.1) is 6.92 Å². The molecule has 2 aromatic rings. The van der Waals surface area contributed by atoms with Gasteiger partial charge in [0.05, 0.1) is 11.3 Å². The van der Waals surface area contributed by atoms with E-state index in [9.17, 15) is 9.59 Å². The molecule has 0 fully saturated rings. The number of nitrogens with one attached hydrogen (secondary N) is 1. The number of amides is 1. The summed E-state index contributed by atoms with van der Waals surface area (Å²) in [7, 11) is 3.15. The van der Waals surface area contributed by atoms with Gasteiger partial charge in [-0.25, -0.2) is 4.79 Å². The van der Waals surface area contributed by atoms with Crippen molar-refractivity contribution in [3.05, 3.63) is 52.8 Å². The van der Waals surface area contributed by atoms with Gasteiger partial charge in [-0.15, -0.1) is 0 Å². The van der Waals surface area contributed by atoms with Crippen molar-refractivity contribution in [2.75, 3.05) is 7.11 Å². The van der Waals surface area contributed by atoms with Gasteiger partial charge in [-0.3, -0.25) is 9.48 Å². The van der Waals surface area contributed by atoms with Crippen LogP contribution in [0.1, 0.15) is 38.3 Å². The molecule has 0 aliphatic heterocycles. The van der Waals surface area contributed by atoms with E-state index < -0.39 is 12.2 Å². The molecule has 116 valence electrons. The Hall–Kier alpha value is -2.67. The van der Waals surface area contributed by atoms with Gasteiger partial charge in [-0.2, -0.15) is 5.10 Å². The van der Waals surface area contributed by atoms with Gasteiger partial charge < -0.3 is 15.2 Å². The summed E-state index contributed by atoms with van der Waals surface area (Å²) in [6, 6.07) is 7.81. The first-order chi connectivity index (χ1) is 10.4. The van der Waals surface area contributed by atoms with Crippen molar-refractivity contribution in [3.63, 3.8) is 0 Å². The molecule has 7 heteroatoms. The van der Waals surface area contributed by atoms with Crippen LogP contribution in [0.5, 0.6) is 0 Å². The maximum atomic E-state index is 12.3. The fourth-order valence-electron chi connectivity index (χ4n) is 2.09. The zero-order valence-corrected chi connectivity index (χ0v) is 12.5. The number of rotatable bonds is 5. The number of carboxylic acids is 1. The lowest BCUT2D eigenvalue weighted by Crippen LogP contribution is -2.31. The number of hydrogen-bond donors (Lipinski definition) is 2. The van der Waals surface area contributed by atoms with Crippen LogP contribution in [0.15, 0.2) is 30.3 Å². The summed E-state index contributed by atoms with van der Waals surface area (Å²) >= 11 is 0. The van der Waals surface area contributed by atoms with Gasteiger partial charge in [0.15, 0.2) is 6.23 Å². The Morgan fingerprint density at radius 3 is 2.41 bits per heavy atom. The number of hydrogen-bond acceptors (Lipinski definition) is 4. The largest absolute Gasteiger partial charge is 0.478 e. The van der Waals surface area contributed by atoms with Crippen molar-refractivity contribution in [3.8, 4) is 0 Å². The summed E-state index contributed by atoms with van der Waals surface area (Å²) in [6.45, 7) is 1.80. The van der Waals surface area contributed by atoms with Crippen LogP contribution < -0.4 is 5.32 Å². The van der Waals surface area contributed by atoms with E-state index in [4.69, 9.17) is 9.84 Å². The van der Waals surface area contributed by atoms with Crippen LogP contribution in [0.2, 0.25) is 0 Å². The second-order valence-electron chi connectivity index (χ2n) is 4.81. The van der Waals surface area contributed by atoms with Gasteiger partial charge >= 0.3 is 5.97 Å². The molecule has 1 unspecified atom stereocenters. The molecule has 22 heavy (non-hydrogen) atoms. The average molecular weight is 303 g/mol. The highest BCUT2D eigenvalue weighted by Gasteiger charge is 2.18. The lowest BCUT2D eigenvalue weighted by Gasteiger charge is -2.17. The van der Waals surface area contributed by atoms with Gasteiger partial charge in [0.1, 0.15) is 5.69 Å². The average Bonchev–Trinajstić information content (AvgIpc) is 2.83. The highest BCUT2D eigenvalue weighted by Crippen LogP contribution is 2.16. The normalized spacial score (nSPS) is 12.0. The molecule has 0 saturated carbocycles. The number of nitrogens with zero attached hydrogens (tertiary/aromatic N) is 2. The second-order valence-corrected chi connectivity index (χ2v) is 4.81. The Morgan fingerprint density at radius 1 is 1.32 bits per heavy atom. The van der Waals surface area contributed by atoms with Gasteiger partial charge in [0.2, 0.25) is 0 Å². The highest BCUT2D eigenvalue weighted by molar-refractivity contribution is 5.93. The van der Waals surface area contributed by atoms with Crippen molar-refractivity contribution in [1.82, 2.24) is 15.1 Å². The fourth-order valence-corrected chi connectivity index (χ4v) is 2.09. The lowest BCUT2D eigenvalue weighted by atomic mass is 10.1. The predicted molar refractivity (Wildman–Crippen MR) is 78.6 cm³/mol. The zero-order chi connectivity index (χ0) is 16.3. The highest BCUT2D eigenvalue weighted by atomic mass is 16.5. The minimum atomic E-state index is -1.00. The summed E-state index contributed by atoms with van der Waals surface area (Å²) in [5.41, 5.74) is 1.99. The first-order valence-electron chi connectivity index (χ1n) is 6.60. The molecule has 0 saturated heterocycles. The Bertz CT molecular complexity index is 691. The SMILES string of the molecule is COC(NC(=O)c1cc(C)nn1C)c1ccc(C(=O)O)cc1. The van der Waals surface area contributed by atoms with Crippen LogP contribution in [-0.2, 0) is 11.8 Å². The smallest absolute Gasteiger partial charge is 0.335 e. The van der Waals surface area contributed by atoms with Gasteiger partial charge in [0, 0.05) is 19.7 Å². The number of carboxylic acid groups (broad SMARTS) is 1.